The molecule has 0 saturated carbocycles. The molecule has 0 radical (unpaired) electrons. The second-order valence-electron chi connectivity index (χ2n) is 6.45. The van der Waals surface area contributed by atoms with Gasteiger partial charge in [0.05, 0.1) is 0 Å². The van der Waals surface area contributed by atoms with Crippen molar-refractivity contribution in [3.63, 3.8) is 0 Å². The van der Waals surface area contributed by atoms with Gasteiger partial charge in [-0.1, -0.05) is 20.8 Å². The van der Waals surface area contributed by atoms with E-state index in [9.17, 15) is 9.90 Å². The third kappa shape index (κ3) is 4.35. The van der Waals surface area contributed by atoms with Crippen LogP contribution >= 0.6 is 0 Å². The first-order chi connectivity index (χ1) is 8.11. The fourth-order valence-electron chi connectivity index (χ4n) is 2.31. The predicted molar refractivity (Wildman–Crippen MR) is 71.5 cm³/mol. The molecular formula is C14H22N2O2. The Balaban J connectivity index is 2.79. The standard InChI is InChI=1S/C14H22N2O2/c1-13(2,3)9-14(4,5)16-12(18)11-10(17)7-6-8-15-11/h6-8,17H,9H2,1-5H3,(H,16,18). The maximum absolute atomic E-state index is 12.0. The molecule has 1 aromatic heterocycles. The molecule has 0 atom stereocenters. The lowest BCUT2D eigenvalue weighted by atomic mass is 9.82. The fraction of sp³-hybridized carbons (Fsp3) is 0.571. The number of hydrogen-bond acceptors (Lipinski definition) is 3. The molecule has 0 spiro atoms. The van der Waals surface area contributed by atoms with Gasteiger partial charge in [0, 0.05) is 11.7 Å². The lowest BCUT2D eigenvalue weighted by molar-refractivity contribution is 0.0883. The van der Waals surface area contributed by atoms with Crippen molar-refractivity contribution in [2.24, 2.45) is 5.41 Å². The number of nitrogens with zero attached hydrogens (tertiary/aromatic N) is 1. The van der Waals surface area contributed by atoms with Gasteiger partial charge < -0.3 is 10.4 Å². The number of carbonyl (C=O) groups is 1. The minimum absolute atomic E-state index is 0.0690. The van der Waals surface area contributed by atoms with Gasteiger partial charge >= 0.3 is 0 Å². The smallest absolute Gasteiger partial charge is 0.274 e. The molecule has 0 aliphatic rings. The summed E-state index contributed by atoms with van der Waals surface area (Å²) >= 11 is 0. The molecule has 0 fully saturated rings. The number of amides is 1. The maximum atomic E-state index is 12.0. The summed E-state index contributed by atoms with van der Waals surface area (Å²) in [4.78, 5) is 15.9. The lowest BCUT2D eigenvalue weighted by Crippen LogP contribution is -2.46. The summed E-state index contributed by atoms with van der Waals surface area (Å²) in [6, 6.07) is 3.05. The van der Waals surface area contributed by atoms with Gasteiger partial charge in [0.2, 0.25) is 0 Å². The van der Waals surface area contributed by atoms with E-state index in [1.54, 1.807) is 6.07 Å². The Bertz CT molecular complexity index is 434. The zero-order valence-corrected chi connectivity index (χ0v) is 11.7. The normalized spacial score (nSPS) is 12.3. The van der Waals surface area contributed by atoms with Crippen LogP contribution in [0.3, 0.4) is 0 Å². The highest BCUT2D eigenvalue weighted by Gasteiger charge is 2.28. The summed E-state index contributed by atoms with van der Waals surface area (Å²) in [7, 11) is 0. The zero-order valence-electron chi connectivity index (χ0n) is 11.7. The van der Waals surface area contributed by atoms with Crippen LogP contribution in [0.15, 0.2) is 18.3 Å². The number of aromatic nitrogens is 1. The molecule has 1 rings (SSSR count). The summed E-state index contributed by atoms with van der Waals surface area (Å²) in [5.41, 5.74) is -0.165. The molecule has 1 heterocycles. The van der Waals surface area contributed by atoms with Crippen LogP contribution in [0.25, 0.3) is 0 Å². The molecule has 1 aromatic rings. The minimum atomic E-state index is -0.348. The highest BCUT2D eigenvalue weighted by molar-refractivity contribution is 5.95. The van der Waals surface area contributed by atoms with E-state index in [4.69, 9.17) is 0 Å². The number of pyridine rings is 1. The van der Waals surface area contributed by atoms with Gasteiger partial charge in [0.1, 0.15) is 5.75 Å². The number of carbonyl (C=O) groups excluding carboxylic acids is 1. The minimum Gasteiger partial charge on any atom is -0.505 e. The summed E-state index contributed by atoms with van der Waals surface area (Å²) in [6.07, 6.45) is 2.32. The van der Waals surface area contributed by atoms with Crippen LogP contribution in [0.5, 0.6) is 5.75 Å². The van der Waals surface area contributed by atoms with Crippen molar-refractivity contribution in [3.8, 4) is 5.75 Å². The van der Waals surface area contributed by atoms with Crippen molar-refractivity contribution >= 4 is 5.91 Å². The van der Waals surface area contributed by atoms with E-state index in [0.29, 0.717) is 0 Å². The monoisotopic (exact) mass is 250 g/mol. The average Bonchev–Trinajstić information content (AvgIpc) is 2.12. The predicted octanol–water partition coefficient (Wildman–Crippen LogP) is 2.73. The second-order valence-corrected chi connectivity index (χ2v) is 6.45. The van der Waals surface area contributed by atoms with Crippen molar-refractivity contribution in [3.05, 3.63) is 24.0 Å². The molecule has 0 aliphatic carbocycles. The van der Waals surface area contributed by atoms with Gasteiger partial charge in [0.25, 0.3) is 5.91 Å². The van der Waals surface area contributed by atoms with Crippen LogP contribution < -0.4 is 5.32 Å². The molecule has 18 heavy (non-hydrogen) atoms. The second kappa shape index (κ2) is 4.96. The van der Waals surface area contributed by atoms with E-state index >= 15 is 0 Å². The highest BCUT2D eigenvalue weighted by atomic mass is 16.3. The molecule has 1 amide bonds. The molecule has 0 unspecified atom stereocenters. The lowest BCUT2D eigenvalue weighted by Gasteiger charge is -2.33. The fourth-order valence-corrected chi connectivity index (χ4v) is 2.31. The molecule has 4 nitrogen and oxygen atoms in total. The molecule has 100 valence electrons. The van der Waals surface area contributed by atoms with Crippen LogP contribution in [0, 0.1) is 5.41 Å². The first kappa shape index (κ1) is 14.5. The van der Waals surface area contributed by atoms with E-state index in [2.05, 4.69) is 31.1 Å². The highest BCUT2D eigenvalue weighted by Crippen LogP contribution is 2.27. The van der Waals surface area contributed by atoms with Gasteiger partial charge in [0.15, 0.2) is 5.69 Å². The summed E-state index contributed by atoms with van der Waals surface area (Å²) < 4.78 is 0. The van der Waals surface area contributed by atoms with E-state index in [1.807, 2.05) is 13.8 Å². The van der Waals surface area contributed by atoms with Crippen LogP contribution in [-0.2, 0) is 0 Å². The first-order valence-electron chi connectivity index (χ1n) is 6.07. The molecule has 4 heteroatoms. The molecular weight excluding hydrogens is 228 g/mol. The van der Waals surface area contributed by atoms with Crippen LogP contribution in [0.1, 0.15) is 51.5 Å². The Morgan fingerprint density at radius 3 is 2.44 bits per heavy atom. The Labute approximate surface area is 108 Å². The number of rotatable bonds is 3. The molecule has 2 N–H and O–H groups in total. The van der Waals surface area contributed by atoms with Crippen LogP contribution in [0.4, 0.5) is 0 Å². The molecule has 0 bridgehead atoms. The number of nitrogens with one attached hydrogen (secondary N) is 1. The maximum Gasteiger partial charge on any atom is 0.274 e. The van der Waals surface area contributed by atoms with Gasteiger partial charge in [-0.15, -0.1) is 0 Å². The van der Waals surface area contributed by atoms with Crippen molar-refractivity contribution in [1.29, 1.82) is 0 Å². The van der Waals surface area contributed by atoms with Gasteiger partial charge in [-0.05, 0) is 37.8 Å². The third-order valence-corrected chi connectivity index (χ3v) is 2.43. The van der Waals surface area contributed by atoms with Crippen molar-refractivity contribution in [2.75, 3.05) is 0 Å². The van der Waals surface area contributed by atoms with Gasteiger partial charge in [-0.3, -0.25) is 4.79 Å². The van der Waals surface area contributed by atoms with Crippen LogP contribution in [0.2, 0.25) is 0 Å². The largest absolute Gasteiger partial charge is 0.505 e. The Hall–Kier alpha value is -1.58. The summed E-state index contributed by atoms with van der Waals surface area (Å²) in [5, 5.41) is 12.5. The topological polar surface area (TPSA) is 62.2 Å². The number of hydrogen-bond donors (Lipinski definition) is 2. The Morgan fingerprint density at radius 2 is 1.94 bits per heavy atom. The third-order valence-electron chi connectivity index (χ3n) is 2.43. The molecule has 0 aromatic carbocycles. The summed E-state index contributed by atoms with van der Waals surface area (Å²) in [6.45, 7) is 10.3. The van der Waals surface area contributed by atoms with Crippen molar-refractivity contribution in [1.82, 2.24) is 10.3 Å². The van der Waals surface area contributed by atoms with Crippen LogP contribution in [-0.4, -0.2) is 21.5 Å². The number of aromatic hydroxyl groups is 1. The molecule has 0 saturated heterocycles. The summed E-state index contributed by atoms with van der Waals surface area (Å²) in [5.74, 6) is -0.441. The van der Waals surface area contributed by atoms with Crippen molar-refractivity contribution < 1.29 is 9.90 Å². The quantitative estimate of drug-likeness (QED) is 0.867. The van der Waals surface area contributed by atoms with E-state index in [-0.39, 0.29) is 28.3 Å². The average molecular weight is 250 g/mol. The first-order valence-corrected chi connectivity index (χ1v) is 6.07. The SMILES string of the molecule is CC(C)(C)CC(C)(C)NC(=O)c1ncccc1O. The van der Waals surface area contributed by atoms with E-state index in [0.717, 1.165) is 6.42 Å². The van der Waals surface area contributed by atoms with Gasteiger partial charge in [-0.25, -0.2) is 4.98 Å². The Morgan fingerprint density at radius 1 is 1.33 bits per heavy atom. The Kier molecular flexibility index (Phi) is 3.99. The van der Waals surface area contributed by atoms with E-state index < -0.39 is 0 Å². The van der Waals surface area contributed by atoms with Crippen molar-refractivity contribution in [2.45, 2.75) is 46.6 Å². The zero-order chi connectivity index (χ0) is 14.0. The van der Waals surface area contributed by atoms with E-state index in [1.165, 1.54) is 12.3 Å². The van der Waals surface area contributed by atoms with Gasteiger partial charge in [-0.2, -0.15) is 0 Å². The molecule has 0 aliphatic heterocycles.